The van der Waals surface area contributed by atoms with Crippen molar-refractivity contribution < 1.29 is 28.6 Å². The Kier molecular flexibility index (Phi) is 3.16. The van der Waals surface area contributed by atoms with Crippen LogP contribution in [0.25, 0.3) is 0 Å². The van der Waals surface area contributed by atoms with Gasteiger partial charge in [-0.1, -0.05) is 0 Å². The van der Waals surface area contributed by atoms with Crippen molar-refractivity contribution in [2.45, 2.75) is 51.0 Å². The number of hydrogen-bond donors (Lipinski definition) is 2. The van der Waals surface area contributed by atoms with Crippen molar-refractivity contribution in [2.75, 3.05) is 6.16 Å². The molecule has 2 aliphatic heterocycles. The summed E-state index contributed by atoms with van der Waals surface area (Å²) in [7, 11) is -3.94. The summed E-state index contributed by atoms with van der Waals surface area (Å²) in [4.78, 5) is 17.5. The standard InChI is InChI=1S/C9H17O6P/c1-9(2)14-7-5-6(13-8(7)15-9)3-4-16(10,11)12/h6-8H,3-5H2,1-2H3,(H2,10,11,12)/t6-,7-,8?/m1/s1. The molecule has 0 amide bonds. The first kappa shape index (κ1) is 12.5. The molecule has 0 spiro atoms. The molecule has 2 heterocycles. The van der Waals surface area contributed by atoms with E-state index in [0.29, 0.717) is 12.8 Å². The SMILES string of the molecule is CC1(C)OC2O[C@H](CCP(=O)(O)O)C[C@H]2O1. The van der Waals surface area contributed by atoms with Crippen LogP contribution in [0.3, 0.4) is 0 Å². The summed E-state index contributed by atoms with van der Waals surface area (Å²) in [6, 6.07) is 0. The molecule has 0 radical (unpaired) electrons. The van der Waals surface area contributed by atoms with Crippen LogP contribution in [0.15, 0.2) is 0 Å². The van der Waals surface area contributed by atoms with E-state index in [-0.39, 0.29) is 18.4 Å². The fraction of sp³-hybridized carbons (Fsp3) is 1.00. The zero-order chi connectivity index (χ0) is 12.0. The number of fused-ring (bicyclic) bond motifs is 1. The van der Waals surface area contributed by atoms with Gasteiger partial charge in [0, 0.05) is 6.42 Å². The largest absolute Gasteiger partial charge is 0.346 e. The Labute approximate surface area is 94.0 Å². The van der Waals surface area contributed by atoms with Gasteiger partial charge in [-0.25, -0.2) is 0 Å². The molecule has 2 N–H and O–H groups in total. The van der Waals surface area contributed by atoms with Crippen LogP contribution < -0.4 is 0 Å². The zero-order valence-electron chi connectivity index (χ0n) is 9.33. The highest BCUT2D eigenvalue weighted by molar-refractivity contribution is 7.51. The molecule has 2 fully saturated rings. The maximum absolute atomic E-state index is 10.7. The summed E-state index contributed by atoms with van der Waals surface area (Å²) in [6.45, 7) is 3.64. The minimum atomic E-state index is -3.94. The number of ether oxygens (including phenoxy) is 3. The Morgan fingerprint density at radius 2 is 2.06 bits per heavy atom. The second kappa shape index (κ2) is 4.05. The van der Waals surface area contributed by atoms with Crippen molar-refractivity contribution in [1.29, 1.82) is 0 Å². The molecule has 94 valence electrons. The van der Waals surface area contributed by atoms with E-state index in [2.05, 4.69) is 0 Å². The summed E-state index contributed by atoms with van der Waals surface area (Å²) < 4.78 is 27.3. The lowest BCUT2D eigenvalue weighted by Gasteiger charge is -2.20. The average molecular weight is 252 g/mol. The van der Waals surface area contributed by atoms with E-state index in [1.54, 1.807) is 0 Å². The van der Waals surface area contributed by atoms with Gasteiger partial charge in [-0.05, 0) is 20.3 Å². The molecule has 2 aliphatic rings. The molecule has 0 aromatic rings. The molecule has 2 rings (SSSR count). The Morgan fingerprint density at radius 3 is 2.62 bits per heavy atom. The van der Waals surface area contributed by atoms with E-state index in [0.717, 1.165) is 0 Å². The lowest BCUT2D eigenvalue weighted by molar-refractivity contribution is -0.204. The van der Waals surface area contributed by atoms with Gasteiger partial charge in [-0.15, -0.1) is 0 Å². The molecular weight excluding hydrogens is 235 g/mol. The van der Waals surface area contributed by atoms with Crippen molar-refractivity contribution in [2.24, 2.45) is 0 Å². The molecule has 6 nitrogen and oxygen atoms in total. The molecule has 0 bridgehead atoms. The van der Waals surface area contributed by atoms with E-state index in [9.17, 15) is 4.57 Å². The van der Waals surface area contributed by atoms with E-state index in [4.69, 9.17) is 24.0 Å². The molecule has 0 aromatic heterocycles. The summed E-state index contributed by atoms with van der Waals surface area (Å²) in [5.41, 5.74) is 0. The third-order valence-electron chi connectivity index (χ3n) is 2.70. The van der Waals surface area contributed by atoms with Gasteiger partial charge in [-0.2, -0.15) is 0 Å². The van der Waals surface area contributed by atoms with Crippen LogP contribution in [0.5, 0.6) is 0 Å². The third-order valence-corrected chi connectivity index (χ3v) is 3.54. The molecular formula is C9H17O6P. The van der Waals surface area contributed by atoms with Crippen molar-refractivity contribution in [1.82, 2.24) is 0 Å². The smallest absolute Gasteiger partial charge is 0.325 e. The van der Waals surface area contributed by atoms with Gasteiger partial charge in [0.05, 0.1) is 12.3 Å². The fourth-order valence-corrected chi connectivity index (χ4v) is 2.70. The lowest BCUT2D eigenvalue weighted by atomic mass is 10.1. The predicted molar refractivity (Wildman–Crippen MR) is 54.8 cm³/mol. The first-order chi connectivity index (χ1) is 7.25. The van der Waals surface area contributed by atoms with Crippen LogP contribution in [-0.4, -0.2) is 40.2 Å². The van der Waals surface area contributed by atoms with Gasteiger partial charge in [0.2, 0.25) is 0 Å². The van der Waals surface area contributed by atoms with Gasteiger partial charge in [-0.3, -0.25) is 4.57 Å². The number of hydrogen-bond acceptors (Lipinski definition) is 4. The zero-order valence-corrected chi connectivity index (χ0v) is 10.2. The fourth-order valence-electron chi connectivity index (χ4n) is 2.08. The molecule has 0 aliphatic carbocycles. The van der Waals surface area contributed by atoms with Crippen molar-refractivity contribution >= 4 is 7.60 Å². The van der Waals surface area contributed by atoms with Crippen molar-refractivity contribution in [3.63, 3.8) is 0 Å². The minimum Gasteiger partial charge on any atom is -0.346 e. The van der Waals surface area contributed by atoms with Gasteiger partial charge in [0.25, 0.3) is 0 Å². The van der Waals surface area contributed by atoms with Crippen LogP contribution in [0.2, 0.25) is 0 Å². The molecule has 16 heavy (non-hydrogen) atoms. The Hall–Kier alpha value is 0.0300. The highest BCUT2D eigenvalue weighted by atomic mass is 31.2. The lowest BCUT2D eigenvalue weighted by Crippen LogP contribution is -2.25. The van der Waals surface area contributed by atoms with Crippen LogP contribution in [0.1, 0.15) is 26.7 Å². The minimum absolute atomic E-state index is 0.114. The van der Waals surface area contributed by atoms with Crippen LogP contribution >= 0.6 is 7.60 Å². The molecule has 2 saturated heterocycles. The summed E-state index contributed by atoms with van der Waals surface area (Å²) in [5, 5.41) is 0. The van der Waals surface area contributed by atoms with Crippen molar-refractivity contribution in [3.8, 4) is 0 Å². The molecule has 0 saturated carbocycles. The van der Waals surface area contributed by atoms with Gasteiger partial charge in [0.15, 0.2) is 12.1 Å². The summed E-state index contributed by atoms with van der Waals surface area (Å²) in [6.07, 6.45) is 0.131. The van der Waals surface area contributed by atoms with E-state index in [1.165, 1.54) is 0 Å². The normalized spacial score (nSPS) is 37.6. The van der Waals surface area contributed by atoms with E-state index >= 15 is 0 Å². The molecule has 0 aromatic carbocycles. The monoisotopic (exact) mass is 252 g/mol. The third kappa shape index (κ3) is 3.03. The summed E-state index contributed by atoms with van der Waals surface area (Å²) in [5.74, 6) is -0.621. The molecule has 1 unspecified atom stereocenters. The Bertz CT molecular complexity index is 295. The average Bonchev–Trinajstić information content (AvgIpc) is 2.52. The first-order valence-corrected chi connectivity index (χ1v) is 7.11. The van der Waals surface area contributed by atoms with E-state index < -0.39 is 19.7 Å². The Morgan fingerprint density at radius 1 is 1.38 bits per heavy atom. The topological polar surface area (TPSA) is 85.2 Å². The summed E-state index contributed by atoms with van der Waals surface area (Å²) >= 11 is 0. The number of rotatable bonds is 3. The van der Waals surface area contributed by atoms with Crippen molar-refractivity contribution in [3.05, 3.63) is 0 Å². The van der Waals surface area contributed by atoms with E-state index in [1.807, 2.05) is 13.8 Å². The highest BCUT2D eigenvalue weighted by Gasteiger charge is 2.48. The van der Waals surface area contributed by atoms with Gasteiger partial charge >= 0.3 is 7.60 Å². The second-order valence-electron chi connectivity index (χ2n) is 4.71. The maximum Gasteiger partial charge on any atom is 0.325 e. The first-order valence-electron chi connectivity index (χ1n) is 5.31. The van der Waals surface area contributed by atoms with Gasteiger partial charge < -0.3 is 24.0 Å². The second-order valence-corrected chi connectivity index (χ2v) is 6.49. The maximum atomic E-state index is 10.7. The van der Waals surface area contributed by atoms with Gasteiger partial charge in [0.1, 0.15) is 6.10 Å². The predicted octanol–water partition coefficient (Wildman–Crippen LogP) is 0.821. The quantitative estimate of drug-likeness (QED) is 0.723. The van der Waals surface area contributed by atoms with Crippen LogP contribution in [0.4, 0.5) is 0 Å². The van der Waals surface area contributed by atoms with Crippen LogP contribution in [-0.2, 0) is 18.8 Å². The Balaban J connectivity index is 1.81. The molecule has 7 heteroatoms. The molecule has 3 atom stereocenters. The van der Waals surface area contributed by atoms with Crippen LogP contribution in [0, 0.1) is 0 Å². The highest BCUT2D eigenvalue weighted by Crippen LogP contribution is 2.41.